The lowest BCUT2D eigenvalue weighted by atomic mass is 10.1. The first kappa shape index (κ1) is 13.4. The van der Waals surface area contributed by atoms with Crippen LogP contribution >= 0.6 is 11.6 Å². The Morgan fingerprint density at radius 3 is 2.62 bits per heavy atom. The van der Waals surface area contributed by atoms with Crippen molar-refractivity contribution < 1.29 is 8.78 Å². The number of nitrogens with two attached hydrogens (primary N) is 1. The molecule has 0 atom stereocenters. The number of hydrogen-bond donors (Lipinski definition) is 2. The number of hydrogen-bond acceptors (Lipinski definition) is 4. The Morgan fingerprint density at radius 2 is 1.90 bits per heavy atom. The van der Waals surface area contributed by atoms with Crippen molar-refractivity contribution in [2.45, 2.75) is 0 Å². The topological polar surface area (TPSA) is 80.5 Å². The number of H-pyrrole nitrogens is 1. The Balaban J connectivity index is 2.06. The molecule has 0 fully saturated rings. The van der Waals surface area contributed by atoms with Gasteiger partial charge in [-0.3, -0.25) is 0 Å². The molecule has 3 rings (SSSR count). The van der Waals surface area contributed by atoms with Gasteiger partial charge >= 0.3 is 0 Å². The third-order valence-corrected chi connectivity index (χ3v) is 3.16. The van der Waals surface area contributed by atoms with Crippen molar-refractivity contribution in [3.05, 3.63) is 47.5 Å². The number of rotatable bonds is 2. The number of anilines is 1. The zero-order valence-electron chi connectivity index (χ0n) is 10.4. The maximum atomic E-state index is 13.3. The third-order valence-electron chi connectivity index (χ3n) is 2.87. The van der Waals surface area contributed by atoms with Gasteiger partial charge in [-0.1, -0.05) is 11.6 Å². The molecule has 106 valence electrons. The number of imidazole rings is 1. The van der Waals surface area contributed by atoms with E-state index in [0.29, 0.717) is 22.6 Å². The minimum absolute atomic E-state index is 0.147. The Morgan fingerprint density at radius 1 is 1.10 bits per heavy atom. The molecule has 0 bridgehead atoms. The number of nitrogens with one attached hydrogen (secondary N) is 1. The average Bonchev–Trinajstić information content (AvgIpc) is 2.91. The van der Waals surface area contributed by atoms with E-state index < -0.39 is 11.6 Å². The van der Waals surface area contributed by atoms with Crippen molar-refractivity contribution in [2.75, 3.05) is 5.73 Å². The van der Waals surface area contributed by atoms with Crippen LogP contribution in [0.4, 0.5) is 14.6 Å². The molecule has 0 amide bonds. The predicted molar refractivity (Wildman–Crippen MR) is 74.4 cm³/mol. The molecular formula is C13H8ClF2N5. The fraction of sp³-hybridized carbons (Fsp3) is 0. The van der Waals surface area contributed by atoms with Crippen LogP contribution in [0.1, 0.15) is 0 Å². The number of halogens is 3. The molecule has 0 saturated carbocycles. The second-order valence-corrected chi connectivity index (χ2v) is 4.56. The van der Waals surface area contributed by atoms with Crippen LogP contribution in [0.15, 0.2) is 30.7 Å². The van der Waals surface area contributed by atoms with Gasteiger partial charge in [0.25, 0.3) is 0 Å². The zero-order valence-corrected chi connectivity index (χ0v) is 11.2. The first-order valence-corrected chi connectivity index (χ1v) is 6.21. The summed E-state index contributed by atoms with van der Waals surface area (Å²) in [6.45, 7) is 0. The van der Waals surface area contributed by atoms with Gasteiger partial charge in [0.05, 0.1) is 17.5 Å². The number of nitrogen functional groups attached to an aromatic ring is 1. The maximum absolute atomic E-state index is 13.3. The van der Waals surface area contributed by atoms with Gasteiger partial charge in [-0.15, -0.1) is 0 Å². The number of benzene rings is 1. The predicted octanol–water partition coefficient (Wildman–Crippen LogP) is 3.05. The molecule has 2 heterocycles. The quantitative estimate of drug-likeness (QED) is 0.713. The van der Waals surface area contributed by atoms with E-state index in [2.05, 4.69) is 19.9 Å². The molecule has 0 aliphatic heterocycles. The molecule has 0 aliphatic rings. The zero-order chi connectivity index (χ0) is 15.0. The highest BCUT2D eigenvalue weighted by molar-refractivity contribution is 6.32. The molecule has 3 aromatic rings. The van der Waals surface area contributed by atoms with Crippen molar-refractivity contribution in [3.8, 4) is 22.6 Å². The molecule has 3 N–H and O–H groups in total. The van der Waals surface area contributed by atoms with Gasteiger partial charge in [0, 0.05) is 5.56 Å². The Kier molecular flexibility index (Phi) is 3.26. The van der Waals surface area contributed by atoms with Crippen molar-refractivity contribution >= 4 is 17.4 Å². The van der Waals surface area contributed by atoms with E-state index in [1.807, 2.05) is 0 Å². The molecule has 0 aliphatic carbocycles. The van der Waals surface area contributed by atoms with Gasteiger partial charge in [0.1, 0.15) is 23.1 Å². The van der Waals surface area contributed by atoms with E-state index >= 15 is 0 Å². The van der Waals surface area contributed by atoms with Crippen LogP contribution in [0.3, 0.4) is 0 Å². The average molecular weight is 308 g/mol. The van der Waals surface area contributed by atoms with Gasteiger partial charge in [-0.2, -0.15) is 0 Å². The lowest BCUT2D eigenvalue weighted by molar-refractivity contribution is 0.509. The van der Waals surface area contributed by atoms with Gasteiger partial charge in [0.15, 0.2) is 11.6 Å². The second-order valence-electron chi connectivity index (χ2n) is 4.20. The summed E-state index contributed by atoms with van der Waals surface area (Å²) in [7, 11) is 0. The summed E-state index contributed by atoms with van der Waals surface area (Å²) in [5.74, 6) is -1.34. The van der Waals surface area contributed by atoms with Crippen LogP contribution in [0.25, 0.3) is 22.6 Å². The summed E-state index contributed by atoms with van der Waals surface area (Å²) in [4.78, 5) is 14.7. The summed E-state index contributed by atoms with van der Waals surface area (Å²) in [5.41, 5.74) is 7.03. The van der Waals surface area contributed by atoms with Crippen LogP contribution in [-0.2, 0) is 0 Å². The van der Waals surface area contributed by atoms with Crippen LogP contribution in [-0.4, -0.2) is 19.9 Å². The first-order chi connectivity index (χ1) is 10.1. The second kappa shape index (κ2) is 5.10. The van der Waals surface area contributed by atoms with Gasteiger partial charge in [-0.05, 0) is 18.2 Å². The number of aromatic nitrogens is 4. The molecular weight excluding hydrogens is 300 g/mol. The summed E-state index contributed by atoms with van der Waals surface area (Å²) in [6, 6.07) is 3.54. The van der Waals surface area contributed by atoms with E-state index in [-0.39, 0.29) is 11.0 Å². The summed E-state index contributed by atoms with van der Waals surface area (Å²) in [5, 5.41) is 0.147. The van der Waals surface area contributed by atoms with E-state index in [1.165, 1.54) is 18.6 Å². The summed E-state index contributed by atoms with van der Waals surface area (Å²) >= 11 is 5.96. The van der Waals surface area contributed by atoms with Crippen LogP contribution in [0.2, 0.25) is 5.15 Å². The van der Waals surface area contributed by atoms with Gasteiger partial charge in [-0.25, -0.2) is 23.7 Å². The van der Waals surface area contributed by atoms with Crippen LogP contribution in [0, 0.1) is 11.6 Å². The lowest BCUT2D eigenvalue weighted by Gasteiger charge is -2.03. The van der Waals surface area contributed by atoms with Crippen molar-refractivity contribution in [1.29, 1.82) is 0 Å². The first-order valence-electron chi connectivity index (χ1n) is 5.83. The maximum Gasteiger partial charge on any atom is 0.159 e. The fourth-order valence-corrected chi connectivity index (χ4v) is 2.08. The fourth-order valence-electron chi connectivity index (χ4n) is 1.85. The molecule has 5 nitrogen and oxygen atoms in total. The van der Waals surface area contributed by atoms with Gasteiger partial charge < -0.3 is 10.7 Å². The Labute approximate surface area is 122 Å². The van der Waals surface area contributed by atoms with Crippen molar-refractivity contribution in [2.24, 2.45) is 0 Å². The Hall–Kier alpha value is -2.54. The molecule has 21 heavy (non-hydrogen) atoms. The highest BCUT2D eigenvalue weighted by atomic mass is 35.5. The summed E-state index contributed by atoms with van der Waals surface area (Å²) in [6.07, 6.45) is 2.70. The Bertz CT molecular complexity index is 798. The monoisotopic (exact) mass is 307 g/mol. The highest BCUT2D eigenvalue weighted by Crippen LogP contribution is 2.30. The number of nitrogens with zero attached hydrogens (tertiary/aromatic N) is 3. The minimum Gasteiger partial charge on any atom is -0.383 e. The SMILES string of the molecule is Nc1ncnc(Cl)c1-c1ncc(-c2ccc(F)c(F)c2)[nH]1. The van der Waals surface area contributed by atoms with Crippen LogP contribution < -0.4 is 5.73 Å². The van der Waals surface area contributed by atoms with E-state index in [4.69, 9.17) is 17.3 Å². The van der Waals surface area contributed by atoms with E-state index in [1.54, 1.807) is 0 Å². The lowest BCUT2D eigenvalue weighted by Crippen LogP contribution is -1.97. The van der Waals surface area contributed by atoms with E-state index in [9.17, 15) is 8.78 Å². The third kappa shape index (κ3) is 2.43. The molecule has 8 heteroatoms. The highest BCUT2D eigenvalue weighted by Gasteiger charge is 2.14. The smallest absolute Gasteiger partial charge is 0.159 e. The minimum atomic E-state index is -0.941. The number of aromatic amines is 1. The largest absolute Gasteiger partial charge is 0.383 e. The molecule has 2 aromatic heterocycles. The van der Waals surface area contributed by atoms with Crippen molar-refractivity contribution in [1.82, 2.24) is 19.9 Å². The molecule has 0 radical (unpaired) electrons. The molecule has 0 saturated heterocycles. The standard InChI is InChI=1S/C13H8ClF2N5/c14-11-10(12(17)20-5-19-11)13-18-4-9(21-13)6-1-2-7(15)8(16)3-6/h1-5H,(H,18,21)(H2,17,19,20). The van der Waals surface area contributed by atoms with Crippen molar-refractivity contribution in [3.63, 3.8) is 0 Å². The van der Waals surface area contributed by atoms with Gasteiger partial charge in [0.2, 0.25) is 0 Å². The molecule has 0 spiro atoms. The molecule has 1 aromatic carbocycles. The van der Waals surface area contributed by atoms with Crippen LogP contribution in [0.5, 0.6) is 0 Å². The molecule has 0 unspecified atom stereocenters. The normalized spacial score (nSPS) is 10.8. The van der Waals surface area contributed by atoms with E-state index in [0.717, 1.165) is 12.1 Å². The summed E-state index contributed by atoms with van der Waals surface area (Å²) < 4.78 is 26.2.